The van der Waals surface area contributed by atoms with Crippen LogP contribution in [0.4, 0.5) is 5.69 Å². The second-order valence-electron chi connectivity index (χ2n) is 10.3. The third kappa shape index (κ3) is 5.03. The van der Waals surface area contributed by atoms with Crippen LogP contribution in [0.15, 0.2) is 47.4 Å². The zero-order chi connectivity index (χ0) is 25.4. The summed E-state index contributed by atoms with van der Waals surface area (Å²) in [5.41, 5.74) is 4.62. The van der Waals surface area contributed by atoms with Crippen LogP contribution >= 0.6 is 23.4 Å². The van der Waals surface area contributed by atoms with Gasteiger partial charge in [0, 0.05) is 61.1 Å². The van der Waals surface area contributed by atoms with Crippen LogP contribution in [0.3, 0.4) is 0 Å². The van der Waals surface area contributed by atoms with Gasteiger partial charge in [0.25, 0.3) is 5.91 Å². The molecular weight excluding hydrogens is 490 g/mol. The topological polar surface area (TPSA) is 43.9 Å². The molecule has 3 atom stereocenters. The number of rotatable bonds is 3. The molecule has 3 unspecified atom stereocenters. The number of benzene rings is 2. The van der Waals surface area contributed by atoms with E-state index in [1.54, 1.807) is 11.8 Å². The number of halogens is 1. The van der Waals surface area contributed by atoms with Crippen LogP contribution in [0.2, 0.25) is 5.02 Å². The van der Waals surface area contributed by atoms with Gasteiger partial charge in [-0.3, -0.25) is 9.59 Å². The molecule has 2 aliphatic heterocycles. The van der Waals surface area contributed by atoms with E-state index >= 15 is 0 Å². The third-order valence-corrected chi connectivity index (χ3v) is 9.62. The van der Waals surface area contributed by atoms with E-state index in [1.165, 1.54) is 11.1 Å². The first-order valence-electron chi connectivity index (χ1n) is 12.8. The summed E-state index contributed by atoms with van der Waals surface area (Å²) in [4.78, 5) is 33.8. The van der Waals surface area contributed by atoms with E-state index in [9.17, 15) is 9.59 Å². The molecule has 1 saturated carbocycles. The molecule has 36 heavy (non-hydrogen) atoms. The summed E-state index contributed by atoms with van der Waals surface area (Å²) in [6, 6.07) is 14.3. The van der Waals surface area contributed by atoms with Gasteiger partial charge in [-0.15, -0.1) is 11.8 Å². The van der Waals surface area contributed by atoms with Gasteiger partial charge in [0.2, 0.25) is 5.91 Å². The second kappa shape index (κ2) is 10.5. The maximum absolute atomic E-state index is 13.5. The number of hydrogen-bond donors (Lipinski definition) is 0. The molecule has 7 heteroatoms. The average Bonchev–Trinajstić information content (AvgIpc) is 2.89. The summed E-state index contributed by atoms with van der Waals surface area (Å²) < 4.78 is 0. The van der Waals surface area contributed by atoms with Gasteiger partial charge < -0.3 is 14.7 Å². The summed E-state index contributed by atoms with van der Waals surface area (Å²) in [5, 5.41) is 1.08. The van der Waals surface area contributed by atoms with Crippen molar-refractivity contribution in [2.45, 2.75) is 44.4 Å². The number of carbonyl (C=O) groups excluding carboxylic acids is 2. The molecule has 0 N–H and O–H groups in total. The number of anilines is 1. The fourth-order valence-corrected chi connectivity index (χ4v) is 7.40. The van der Waals surface area contributed by atoms with Crippen LogP contribution in [0, 0.1) is 19.8 Å². The van der Waals surface area contributed by atoms with Gasteiger partial charge in [-0.2, -0.15) is 0 Å². The number of piperazine rings is 1. The van der Waals surface area contributed by atoms with Gasteiger partial charge in [0.05, 0.1) is 4.91 Å². The largest absolute Gasteiger partial charge is 0.368 e. The van der Waals surface area contributed by atoms with Gasteiger partial charge in [0.1, 0.15) is 0 Å². The van der Waals surface area contributed by atoms with Crippen molar-refractivity contribution in [3.8, 4) is 0 Å². The average molecular weight is 524 g/mol. The van der Waals surface area contributed by atoms with Crippen LogP contribution in [0.5, 0.6) is 0 Å². The smallest absolute Gasteiger partial charge is 0.260 e. The summed E-state index contributed by atoms with van der Waals surface area (Å²) in [5.74, 6) is 0.314. The quantitative estimate of drug-likeness (QED) is 0.506. The molecule has 0 radical (unpaired) electrons. The molecule has 3 fully saturated rings. The van der Waals surface area contributed by atoms with Gasteiger partial charge in [-0.25, -0.2) is 0 Å². The Hall–Kier alpha value is -2.44. The van der Waals surface area contributed by atoms with Gasteiger partial charge in [0.15, 0.2) is 0 Å². The van der Waals surface area contributed by atoms with Crippen LogP contribution < -0.4 is 4.90 Å². The summed E-state index contributed by atoms with van der Waals surface area (Å²) in [6.45, 7) is 7.25. The molecule has 2 saturated heterocycles. The second-order valence-corrected chi connectivity index (χ2v) is 12.0. The van der Waals surface area contributed by atoms with E-state index in [1.807, 2.05) is 47.2 Å². The Labute approximate surface area is 223 Å². The number of fused-ring (bicyclic) bond motifs is 1. The lowest BCUT2D eigenvalue weighted by molar-refractivity contribution is -0.139. The van der Waals surface area contributed by atoms with E-state index in [0.717, 1.165) is 66.6 Å². The van der Waals surface area contributed by atoms with Gasteiger partial charge in [-0.1, -0.05) is 41.9 Å². The molecule has 0 bridgehead atoms. The maximum Gasteiger partial charge on any atom is 0.260 e. The van der Waals surface area contributed by atoms with Crippen LogP contribution in [-0.2, 0) is 9.59 Å². The number of thioether (sulfide) groups is 1. The van der Waals surface area contributed by atoms with E-state index in [0.29, 0.717) is 5.25 Å². The predicted molar refractivity (Wildman–Crippen MR) is 149 cm³/mol. The van der Waals surface area contributed by atoms with E-state index < -0.39 is 0 Å². The minimum Gasteiger partial charge on any atom is -0.368 e. The third-order valence-electron chi connectivity index (χ3n) is 7.99. The molecule has 190 valence electrons. The Morgan fingerprint density at radius 1 is 1.03 bits per heavy atom. The molecular formula is C29H34ClN3O2S. The van der Waals surface area contributed by atoms with Gasteiger partial charge >= 0.3 is 0 Å². The standard InChI is InChI=1S/C29H34ClN3O2S/c1-19-6-4-5-7-21(19)17-27-29(35)31(3)25-16-22(9-11-26(25)36-27)28(34)33-14-12-32(13-15-33)24-18-23(30)10-8-20(24)2/h4-8,10,17-18,22,25-26H,9,11-16H2,1-3H3/b27-17-. The molecule has 2 aromatic carbocycles. The lowest BCUT2D eigenvalue weighted by Crippen LogP contribution is -2.55. The van der Waals surface area contributed by atoms with E-state index in [-0.39, 0.29) is 23.8 Å². The fourth-order valence-electron chi connectivity index (χ4n) is 5.76. The van der Waals surface area contributed by atoms with E-state index in [2.05, 4.69) is 36.9 Å². The molecule has 2 heterocycles. The van der Waals surface area contributed by atoms with Crippen molar-refractivity contribution in [3.63, 3.8) is 0 Å². The minimum absolute atomic E-state index is 0.0107. The Morgan fingerprint density at radius 3 is 2.53 bits per heavy atom. The lowest BCUT2D eigenvalue weighted by Gasteiger charge is -2.45. The van der Waals surface area contributed by atoms with Crippen molar-refractivity contribution in [1.82, 2.24) is 9.80 Å². The lowest BCUT2D eigenvalue weighted by atomic mass is 9.83. The Kier molecular flexibility index (Phi) is 7.36. The molecule has 0 aromatic heterocycles. The molecule has 2 amide bonds. The van der Waals surface area contributed by atoms with Crippen molar-refractivity contribution in [1.29, 1.82) is 0 Å². The Morgan fingerprint density at radius 2 is 1.78 bits per heavy atom. The zero-order valence-corrected chi connectivity index (χ0v) is 22.8. The minimum atomic E-state index is -0.0107. The number of nitrogens with zero attached hydrogens (tertiary/aromatic N) is 3. The molecule has 2 aromatic rings. The number of hydrogen-bond acceptors (Lipinski definition) is 4. The fraction of sp³-hybridized carbons (Fsp3) is 0.448. The highest BCUT2D eigenvalue weighted by Gasteiger charge is 2.43. The molecule has 0 spiro atoms. The van der Waals surface area contributed by atoms with Crippen LogP contribution in [0.25, 0.3) is 6.08 Å². The summed E-state index contributed by atoms with van der Waals surface area (Å²) >= 11 is 7.93. The van der Waals surface area contributed by atoms with Crippen molar-refractivity contribution >= 4 is 46.9 Å². The predicted octanol–water partition coefficient (Wildman–Crippen LogP) is 5.39. The van der Waals surface area contributed by atoms with E-state index in [4.69, 9.17) is 11.6 Å². The van der Waals surface area contributed by atoms with Crippen LogP contribution in [-0.4, -0.2) is 66.1 Å². The highest BCUT2D eigenvalue weighted by atomic mass is 35.5. The first-order valence-corrected chi connectivity index (χ1v) is 14.1. The number of amides is 2. The SMILES string of the molecule is Cc1ccccc1/C=C1\SC2CCC(C(=O)N3CCN(c4cc(Cl)ccc4C)CC3)CC2N(C)C1=O. The molecule has 1 aliphatic carbocycles. The Balaban J connectivity index is 1.21. The highest BCUT2D eigenvalue weighted by Crippen LogP contribution is 2.43. The first-order chi connectivity index (χ1) is 17.3. The van der Waals surface area contributed by atoms with Crippen molar-refractivity contribution < 1.29 is 9.59 Å². The van der Waals surface area contributed by atoms with Crippen molar-refractivity contribution in [2.24, 2.45) is 5.92 Å². The normalized spacial score (nSPS) is 25.8. The number of carbonyl (C=O) groups is 2. The number of aryl methyl sites for hydroxylation is 2. The van der Waals surface area contributed by atoms with Gasteiger partial charge in [-0.05, 0) is 68.0 Å². The molecule has 3 aliphatic rings. The van der Waals surface area contributed by atoms with Crippen molar-refractivity contribution in [3.05, 3.63) is 69.1 Å². The first kappa shape index (κ1) is 25.2. The monoisotopic (exact) mass is 523 g/mol. The molecule has 5 nitrogen and oxygen atoms in total. The summed E-state index contributed by atoms with van der Waals surface area (Å²) in [6.07, 6.45) is 4.63. The zero-order valence-electron chi connectivity index (χ0n) is 21.2. The number of likely N-dealkylation sites (N-methyl/N-ethyl adjacent to an activating group) is 1. The van der Waals surface area contributed by atoms with Crippen molar-refractivity contribution in [2.75, 3.05) is 38.1 Å². The van der Waals surface area contributed by atoms with Crippen LogP contribution in [0.1, 0.15) is 36.0 Å². The summed E-state index contributed by atoms with van der Waals surface area (Å²) in [7, 11) is 1.91. The highest BCUT2D eigenvalue weighted by molar-refractivity contribution is 8.04. The molecule has 5 rings (SSSR count). The maximum atomic E-state index is 13.5. The Bertz CT molecular complexity index is 1190.